The second kappa shape index (κ2) is 7.60. The lowest BCUT2D eigenvalue weighted by atomic mass is 10.0. The molecule has 1 aromatic carbocycles. The summed E-state index contributed by atoms with van der Waals surface area (Å²) in [4.78, 5) is 5.42. The van der Waals surface area contributed by atoms with Gasteiger partial charge < -0.3 is 0 Å². The average molecular weight is 407 g/mol. The van der Waals surface area contributed by atoms with Crippen molar-refractivity contribution in [2.24, 2.45) is 0 Å². The molecule has 0 spiro atoms. The molecule has 0 saturated heterocycles. The van der Waals surface area contributed by atoms with Crippen molar-refractivity contribution < 1.29 is 8.42 Å². The Kier molecular flexibility index (Phi) is 5.62. The highest BCUT2D eigenvalue weighted by Gasteiger charge is 2.22. The minimum atomic E-state index is -3.58. The van der Waals surface area contributed by atoms with Crippen LogP contribution in [0.25, 0.3) is 9.88 Å². The fourth-order valence-corrected chi connectivity index (χ4v) is 6.35. The summed E-state index contributed by atoms with van der Waals surface area (Å²) in [6, 6.07) is 9.25. The highest BCUT2D eigenvalue weighted by atomic mass is 32.2. The summed E-state index contributed by atoms with van der Waals surface area (Å²) < 4.78 is 28.7. The fraction of sp³-hybridized carbons (Fsp3) is 0.316. The third-order valence-corrected chi connectivity index (χ3v) is 8.37. The van der Waals surface area contributed by atoms with E-state index in [9.17, 15) is 8.42 Å². The van der Waals surface area contributed by atoms with E-state index in [1.807, 2.05) is 44.4 Å². The van der Waals surface area contributed by atoms with E-state index in [1.165, 1.54) is 16.9 Å². The van der Waals surface area contributed by atoms with Crippen LogP contribution in [0.1, 0.15) is 42.3 Å². The second-order valence-electron chi connectivity index (χ2n) is 6.32. The molecule has 3 rings (SSSR count). The molecule has 0 amide bonds. The van der Waals surface area contributed by atoms with Crippen molar-refractivity contribution in [2.75, 3.05) is 0 Å². The molecular formula is C19H22N2O2S3. The molecule has 7 heteroatoms. The summed E-state index contributed by atoms with van der Waals surface area (Å²) in [6.45, 7) is 7.96. The van der Waals surface area contributed by atoms with Gasteiger partial charge in [-0.15, -0.1) is 22.7 Å². The minimum Gasteiger partial charge on any atom is -0.240 e. The van der Waals surface area contributed by atoms with E-state index < -0.39 is 10.0 Å². The number of hydrogen-bond acceptors (Lipinski definition) is 5. The minimum absolute atomic E-state index is 0.294. The first kappa shape index (κ1) is 19.2. The number of aryl methyl sites for hydroxylation is 3. The van der Waals surface area contributed by atoms with E-state index in [1.54, 1.807) is 17.4 Å². The molecule has 138 valence electrons. The quantitative estimate of drug-likeness (QED) is 0.620. The zero-order valence-electron chi connectivity index (χ0n) is 15.2. The van der Waals surface area contributed by atoms with Crippen LogP contribution in [0.2, 0.25) is 0 Å². The number of hydrogen-bond donors (Lipinski definition) is 1. The highest BCUT2D eigenvalue weighted by Crippen LogP contribution is 2.33. The molecule has 0 fully saturated rings. The number of aromatic nitrogens is 1. The van der Waals surface area contributed by atoms with Crippen LogP contribution in [0.5, 0.6) is 0 Å². The van der Waals surface area contributed by atoms with E-state index in [4.69, 9.17) is 0 Å². The van der Waals surface area contributed by atoms with Crippen LogP contribution >= 0.6 is 22.7 Å². The van der Waals surface area contributed by atoms with Crippen molar-refractivity contribution in [1.82, 2.24) is 9.71 Å². The van der Waals surface area contributed by atoms with E-state index in [0.29, 0.717) is 4.21 Å². The van der Waals surface area contributed by atoms with Gasteiger partial charge >= 0.3 is 0 Å². The third kappa shape index (κ3) is 4.06. The maximum Gasteiger partial charge on any atom is 0.250 e. The number of nitrogens with one attached hydrogen (secondary N) is 1. The Morgan fingerprint density at radius 1 is 1.19 bits per heavy atom. The van der Waals surface area contributed by atoms with Gasteiger partial charge in [0, 0.05) is 11.4 Å². The lowest BCUT2D eigenvalue weighted by Crippen LogP contribution is -2.26. The summed E-state index contributed by atoms with van der Waals surface area (Å²) in [5.74, 6) is 0. The van der Waals surface area contributed by atoms with Crippen molar-refractivity contribution >= 4 is 32.7 Å². The summed E-state index contributed by atoms with van der Waals surface area (Å²) in [5, 5.41) is 2.89. The van der Waals surface area contributed by atoms with Crippen molar-refractivity contribution in [2.45, 2.75) is 44.4 Å². The van der Waals surface area contributed by atoms with E-state index >= 15 is 0 Å². The molecule has 3 aromatic rings. The molecule has 2 aromatic heterocycles. The molecule has 2 heterocycles. The Morgan fingerprint density at radius 3 is 2.62 bits per heavy atom. The zero-order chi connectivity index (χ0) is 18.9. The van der Waals surface area contributed by atoms with Crippen LogP contribution in [0.3, 0.4) is 0 Å². The van der Waals surface area contributed by atoms with Gasteiger partial charge in [-0.2, -0.15) is 0 Å². The van der Waals surface area contributed by atoms with Gasteiger partial charge in [0.1, 0.15) is 9.22 Å². The van der Waals surface area contributed by atoms with E-state index in [2.05, 4.69) is 22.7 Å². The molecular weight excluding hydrogens is 384 g/mol. The number of benzene rings is 1. The Bertz CT molecular complexity index is 1020. The molecule has 0 bridgehead atoms. The van der Waals surface area contributed by atoms with Crippen molar-refractivity contribution in [3.63, 3.8) is 0 Å². The van der Waals surface area contributed by atoms with Crippen LogP contribution in [-0.4, -0.2) is 13.4 Å². The van der Waals surface area contributed by atoms with Gasteiger partial charge in [-0.25, -0.2) is 18.1 Å². The molecule has 0 aliphatic rings. The Balaban J connectivity index is 1.82. The predicted octanol–water partition coefficient (Wildman–Crippen LogP) is 5.09. The van der Waals surface area contributed by atoms with Crippen LogP contribution in [0.4, 0.5) is 0 Å². The average Bonchev–Trinajstić information content (AvgIpc) is 3.23. The van der Waals surface area contributed by atoms with Crippen molar-refractivity contribution in [3.8, 4) is 9.88 Å². The van der Waals surface area contributed by atoms with Gasteiger partial charge in [0.15, 0.2) is 0 Å². The smallest absolute Gasteiger partial charge is 0.240 e. The molecule has 0 saturated carbocycles. The van der Waals surface area contributed by atoms with Crippen LogP contribution in [0.15, 0.2) is 39.9 Å². The maximum atomic E-state index is 12.8. The summed E-state index contributed by atoms with van der Waals surface area (Å²) in [5.41, 5.74) is 4.27. The zero-order valence-corrected chi connectivity index (χ0v) is 17.7. The molecule has 1 atom stereocenters. The lowest BCUT2D eigenvalue weighted by molar-refractivity contribution is 0.568. The molecule has 1 unspecified atom stereocenters. The standard InChI is InChI=1S/C19H22N2O2S3/c1-5-15-11-24-19(20-15)17-8-9-18(25-17)26(22,23)21-14(4)16-7-6-12(2)10-13(16)3/h6-11,14,21H,5H2,1-4H3. The molecule has 1 N–H and O–H groups in total. The van der Waals surface area contributed by atoms with Crippen molar-refractivity contribution in [1.29, 1.82) is 0 Å². The molecule has 0 aliphatic heterocycles. The molecule has 0 radical (unpaired) electrons. The lowest BCUT2D eigenvalue weighted by Gasteiger charge is -2.16. The first-order chi connectivity index (χ1) is 12.3. The van der Waals surface area contributed by atoms with Crippen molar-refractivity contribution in [3.05, 3.63) is 58.1 Å². The summed E-state index contributed by atoms with van der Waals surface area (Å²) in [6.07, 6.45) is 0.877. The third-order valence-electron chi connectivity index (χ3n) is 4.19. The monoisotopic (exact) mass is 406 g/mol. The molecule has 0 aliphatic carbocycles. The van der Waals surface area contributed by atoms with Crippen LogP contribution in [-0.2, 0) is 16.4 Å². The predicted molar refractivity (Wildman–Crippen MR) is 109 cm³/mol. The Labute approximate surface area is 163 Å². The van der Waals surface area contributed by atoms with Gasteiger partial charge in [-0.3, -0.25) is 0 Å². The van der Waals surface area contributed by atoms with Gasteiger partial charge in [-0.05, 0) is 50.5 Å². The molecule has 26 heavy (non-hydrogen) atoms. The first-order valence-corrected chi connectivity index (χ1v) is 11.6. The Hall–Kier alpha value is -1.54. The fourth-order valence-electron chi connectivity index (χ4n) is 2.83. The number of rotatable bonds is 6. The highest BCUT2D eigenvalue weighted by molar-refractivity contribution is 7.91. The first-order valence-electron chi connectivity index (χ1n) is 8.44. The SMILES string of the molecule is CCc1csc(-c2ccc(S(=O)(=O)NC(C)c3ccc(C)cc3C)s2)n1. The topological polar surface area (TPSA) is 59.1 Å². The normalized spacial score (nSPS) is 13.1. The number of sulfonamides is 1. The number of thiazole rings is 1. The maximum absolute atomic E-state index is 12.8. The van der Waals surface area contributed by atoms with Gasteiger partial charge in [0.25, 0.3) is 10.0 Å². The number of nitrogens with zero attached hydrogens (tertiary/aromatic N) is 1. The van der Waals surface area contributed by atoms with Crippen LogP contribution < -0.4 is 4.72 Å². The van der Waals surface area contributed by atoms with Gasteiger partial charge in [-0.1, -0.05) is 30.7 Å². The van der Waals surface area contributed by atoms with Crippen LogP contribution in [0, 0.1) is 13.8 Å². The van der Waals surface area contributed by atoms with Gasteiger partial charge in [0.05, 0.1) is 10.6 Å². The van der Waals surface area contributed by atoms with E-state index in [0.717, 1.165) is 33.1 Å². The second-order valence-corrected chi connectivity index (χ2v) is 10.2. The van der Waals surface area contributed by atoms with E-state index in [-0.39, 0.29) is 6.04 Å². The molecule has 4 nitrogen and oxygen atoms in total. The number of thiophene rings is 1. The largest absolute Gasteiger partial charge is 0.250 e. The van der Waals surface area contributed by atoms with Gasteiger partial charge in [0.2, 0.25) is 0 Å². The Morgan fingerprint density at radius 2 is 1.96 bits per heavy atom. The summed E-state index contributed by atoms with van der Waals surface area (Å²) >= 11 is 2.81. The summed E-state index contributed by atoms with van der Waals surface area (Å²) in [7, 11) is -3.58.